The van der Waals surface area contributed by atoms with Gasteiger partial charge in [-0.1, -0.05) is 30.3 Å². The maximum absolute atomic E-state index is 13.3. The molecule has 3 heterocycles. The largest absolute Gasteiger partial charge is 0.369 e. The second-order valence-corrected chi connectivity index (χ2v) is 8.28. The van der Waals surface area contributed by atoms with Gasteiger partial charge < -0.3 is 16.0 Å². The Morgan fingerprint density at radius 1 is 1.03 bits per heavy atom. The first-order valence-corrected chi connectivity index (χ1v) is 10.7. The monoisotopic (exact) mass is 447 g/mol. The van der Waals surface area contributed by atoms with E-state index in [2.05, 4.69) is 10.3 Å². The Morgan fingerprint density at radius 3 is 2.53 bits per heavy atom. The Morgan fingerprint density at radius 2 is 1.75 bits per heavy atom. The SMILES string of the molecule is NC(=O)Cc1csc(NC(=O)CN2C(=O)c3ccccc3N3C(=O)c4ccccc4C23)n1. The van der Waals surface area contributed by atoms with Crippen LogP contribution in [0, 0.1) is 0 Å². The Hall–Kier alpha value is -4.05. The van der Waals surface area contributed by atoms with E-state index in [9.17, 15) is 19.2 Å². The molecule has 9 nitrogen and oxygen atoms in total. The molecule has 1 atom stereocenters. The minimum absolute atomic E-state index is 0.0241. The fourth-order valence-electron chi connectivity index (χ4n) is 4.07. The number of carbonyl (C=O) groups is 4. The normalized spacial score (nSPS) is 16.4. The lowest BCUT2D eigenvalue weighted by atomic mass is 10.0. The topological polar surface area (TPSA) is 126 Å². The van der Waals surface area contributed by atoms with E-state index in [1.165, 1.54) is 4.90 Å². The number of anilines is 2. The van der Waals surface area contributed by atoms with Crippen LogP contribution in [-0.2, 0) is 16.0 Å². The number of rotatable bonds is 5. The third kappa shape index (κ3) is 3.21. The lowest BCUT2D eigenvalue weighted by Crippen LogP contribution is -2.50. The van der Waals surface area contributed by atoms with Crippen LogP contribution in [0.3, 0.4) is 0 Å². The van der Waals surface area contributed by atoms with Gasteiger partial charge in [-0.05, 0) is 18.2 Å². The molecule has 0 aliphatic carbocycles. The van der Waals surface area contributed by atoms with E-state index >= 15 is 0 Å². The number of hydrogen-bond acceptors (Lipinski definition) is 6. The molecular weight excluding hydrogens is 430 g/mol. The van der Waals surface area contributed by atoms with Crippen molar-refractivity contribution < 1.29 is 19.2 Å². The number of nitrogens with zero attached hydrogens (tertiary/aromatic N) is 3. The molecule has 2 aliphatic rings. The molecule has 5 rings (SSSR count). The minimum atomic E-state index is -0.714. The van der Waals surface area contributed by atoms with Crippen LogP contribution in [0.4, 0.5) is 10.8 Å². The van der Waals surface area contributed by atoms with Gasteiger partial charge in [-0.15, -0.1) is 11.3 Å². The highest BCUT2D eigenvalue weighted by Gasteiger charge is 2.48. The van der Waals surface area contributed by atoms with Crippen molar-refractivity contribution in [2.45, 2.75) is 12.6 Å². The fourth-order valence-corrected chi connectivity index (χ4v) is 4.80. The Labute approximate surface area is 186 Å². The molecule has 3 aromatic rings. The number of benzene rings is 2. The van der Waals surface area contributed by atoms with Crippen LogP contribution in [0.2, 0.25) is 0 Å². The van der Waals surface area contributed by atoms with Gasteiger partial charge in [0.15, 0.2) is 5.13 Å². The summed E-state index contributed by atoms with van der Waals surface area (Å²) in [6.45, 7) is -0.277. The van der Waals surface area contributed by atoms with E-state index in [4.69, 9.17) is 5.73 Å². The van der Waals surface area contributed by atoms with E-state index in [0.29, 0.717) is 33.2 Å². The van der Waals surface area contributed by atoms with E-state index in [1.54, 1.807) is 58.8 Å². The Kier molecular flexibility index (Phi) is 4.71. The van der Waals surface area contributed by atoms with Crippen molar-refractivity contribution in [3.05, 3.63) is 76.3 Å². The van der Waals surface area contributed by atoms with Gasteiger partial charge in [0, 0.05) is 16.5 Å². The summed E-state index contributed by atoms with van der Waals surface area (Å²) in [7, 11) is 0. The molecule has 1 aromatic heterocycles. The Bertz CT molecular complexity index is 1290. The smallest absolute Gasteiger partial charge is 0.260 e. The molecule has 10 heteroatoms. The van der Waals surface area contributed by atoms with E-state index in [-0.39, 0.29) is 24.8 Å². The summed E-state index contributed by atoms with van der Waals surface area (Å²) in [5, 5.41) is 4.60. The summed E-state index contributed by atoms with van der Waals surface area (Å²) >= 11 is 1.16. The van der Waals surface area contributed by atoms with Crippen molar-refractivity contribution in [3.8, 4) is 0 Å². The zero-order valence-electron chi connectivity index (χ0n) is 16.6. The summed E-state index contributed by atoms with van der Waals surface area (Å²) in [6, 6.07) is 14.0. The van der Waals surface area contributed by atoms with E-state index in [0.717, 1.165) is 11.3 Å². The van der Waals surface area contributed by atoms with Crippen LogP contribution >= 0.6 is 11.3 Å². The van der Waals surface area contributed by atoms with Gasteiger partial charge >= 0.3 is 0 Å². The number of para-hydroxylation sites is 1. The zero-order valence-corrected chi connectivity index (χ0v) is 17.5. The molecule has 3 N–H and O–H groups in total. The van der Waals surface area contributed by atoms with E-state index in [1.807, 2.05) is 0 Å². The number of fused-ring (bicyclic) bond motifs is 5. The number of hydrogen-bond donors (Lipinski definition) is 2. The minimum Gasteiger partial charge on any atom is -0.369 e. The molecule has 4 amide bonds. The number of nitrogens with one attached hydrogen (secondary N) is 1. The maximum Gasteiger partial charge on any atom is 0.260 e. The van der Waals surface area contributed by atoms with Crippen LogP contribution in [0.1, 0.15) is 38.1 Å². The first kappa shape index (κ1) is 19.9. The van der Waals surface area contributed by atoms with Crippen LogP contribution in [0.5, 0.6) is 0 Å². The number of amides is 4. The summed E-state index contributed by atoms with van der Waals surface area (Å²) in [6.07, 6.45) is -0.738. The highest BCUT2D eigenvalue weighted by molar-refractivity contribution is 7.13. The quantitative estimate of drug-likeness (QED) is 0.618. The van der Waals surface area contributed by atoms with Gasteiger partial charge in [-0.3, -0.25) is 24.1 Å². The zero-order chi connectivity index (χ0) is 22.4. The number of thiazole rings is 1. The lowest BCUT2D eigenvalue weighted by molar-refractivity contribution is -0.118. The van der Waals surface area contributed by atoms with Crippen molar-refractivity contribution in [1.82, 2.24) is 9.88 Å². The van der Waals surface area contributed by atoms with Gasteiger partial charge in [0.25, 0.3) is 11.8 Å². The van der Waals surface area contributed by atoms with Crippen molar-refractivity contribution in [3.63, 3.8) is 0 Å². The van der Waals surface area contributed by atoms with Gasteiger partial charge in [0.1, 0.15) is 12.7 Å². The third-order valence-electron chi connectivity index (χ3n) is 5.35. The second kappa shape index (κ2) is 7.57. The summed E-state index contributed by atoms with van der Waals surface area (Å²) < 4.78 is 0. The maximum atomic E-state index is 13.3. The lowest BCUT2D eigenvalue weighted by Gasteiger charge is -2.40. The number of primary amides is 1. The molecule has 0 saturated carbocycles. The number of carbonyl (C=O) groups excluding carboxylic acids is 4. The molecule has 32 heavy (non-hydrogen) atoms. The standard InChI is InChI=1S/C22H17N5O4S/c23-17(28)9-12-11-32-22(24-12)25-18(29)10-26-19-13-5-1-2-6-14(13)21(31)27(19)16-8-4-3-7-15(16)20(26)30/h1-8,11,19H,9-10H2,(H2,23,28)(H,24,25,29). The molecule has 0 fully saturated rings. The first-order chi connectivity index (χ1) is 15.4. The third-order valence-corrected chi connectivity index (χ3v) is 6.16. The molecular formula is C22H17N5O4S. The first-order valence-electron chi connectivity index (χ1n) is 9.79. The highest BCUT2D eigenvalue weighted by Crippen LogP contribution is 2.44. The molecule has 2 aromatic carbocycles. The van der Waals surface area contributed by atoms with Crippen LogP contribution < -0.4 is 16.0 Å². The van der Waals surface area contributed by atoms with Crippen molar-refractivity contribution in [2.75, 3.05) is 16.8 Å². The highest BCUT2D eigenvalue weighted by atomic mass is 32.1. The number of nitrogens with two attached hydrogens (primary N) is 1. The summed E-state index contributed by atoms with van der Waals surface area (Å²) in [4.78, 5) is 57.5. The van der Waals surface area contributed by atoms with Crippen LogP contribution in [0.25, 0.3) is 0 Å². The van der Waals surface area contributed by atoms with Crippen molar-refractivity contribution >= 4 is 45.8 Å². The second-order valence-electron chi connectivity index (χ2n) is 7.42. The van der Waals surface area contributed by atoms with Gasteiger partial charge in [0.2, 0.25) is 11.8 Å². The Balaban J connectivity index is 1.46. The van der Waals surface area contributed by atoms with E-state index < -0.39 is 18.0 Å². The molecule has 0 bridgehead atoms. The summed E-state index contributed by atoms with van der Waals surface area (Å²) in [5.74, 6) is -1.54. The van der Waals surface area contributed by atoms with Gasteiger partial charge in [-0.25, -0.2) is 4.98 Å². The predicted octanol–water partition coefficient (Wildman–Crippen LogP) is 1.92. The molecule has 1 unspecified atom stereocenters. The molecule has 0 radical (unpaired) electrons. The van der Waals surface area contributed by atoms with Crippen molar-refractivity contribution in [1.29, 1.82) is 0 Å². The summed E-state index contributed by atoms with van der Waals surface area (Å²) in [5.41, 5.74) is 7.69. The fraction of sp³-hybridized carbons (Fsp3) is 0.136. The van der Waals surface area contributed by atoms with Gasteiger partial charge in [-0.2, -0.15) is 0 Å². The average Bonchev–Trinajstić information content (AvgIpc) is 3.32. The number of aromatic nitrogens is 1. The molecule has 0 spiro atoms. The predicted molar refractivity (Wildman–Crippen MR) is 117 cm³/mol. The average molecular weight is 447 g/mol. The van der Waals surface area contributed by atoms with Crippen LogP contribution in [-0.4, -0.2) is 40.1 Å². The molecule has 0 saturated heterocycles. The van der Waals surface area contributed by atoms with Crippen molar-refractivity contribution in [2.24, 2.45) is 5.73 Å². The molecule has 2 aliphatic heterocycles. The van der Waals surface area contributed by atoms with Crippen LogP contribution in [0.15, 0.2) is 53.9 Å². The molecule has 160 valence electrons. The van der Waals surface area contributed by atoms with Gasteiger partial charge in [0.05, 0.1) is 23.4 Å².